The average molecular weight is 483 g/mol. The summed E-state index contributed by atoms with van der Waals surface area (Å²) in [5, 5.41) is 16.2. The molecule has 0 spiro atoms. The van der Waals surface area contributed by atoms with Gasteiger partial charge in [0, 0.05) is 25.9 Å². The molecule has 2 aromatic heterocycles. The number of ether oxygens (including phenoxy) is 1. The van der Waals surface area contributed by atoms with Crippen molar-refractivity contribution in [1.29, 1.82) is 0 Å². The normalized spacial score (nSPS) is 13.4. The van der Waals surface area contributed by atoms with Crippen molar-refractivity contribution in [2.24, 2.45) is 0 Å². The average Bonchev–Trinajstić information content (AvgIpc) is 2.81. The minimum absolute atomic E-state index is 0.0285. The summed E-state index contributed by atoms with van der Waals surface area (Å²) in [5.41, 5.74) is 0.485. The molecule has 0 unspecified atom stereocenters. The highest BCUT2D eigenvalue weighted by molar-refractivity contribution is 6.01. The van der Waals surface area contributed by atoms with Gasteiger partial charge >= 0.3 is 0 Å². The molecular formula is C25H27FN4O5. The van der Waals surface area contributed by atoms with Crippen molar-refractivity contribution >= 4 is 22.8 Å². The molecule has 0 aliphatic heterocycles. The molecule has 35 heavy (non-hydrogen) atoms. The molecule has 1 aromatic carbocycles. The first-order valence-electron chi connectivity index (χ1n) is 11.4. The van der Waals surface area contributed by atoms with Crippen LogP contribution in [0, 0.1) is 5.82 Å². The second-order valence-corrected chi connectivity index (χ2v) is 8.57. The predicted octanol–water partition coefficient (Wildman–Crippen LogP) is 1.88. The van der Waals surface area contributed by atoms with Gasteiger partial charge in [0.25, 0.3) is 11.5 Å². The summed E-state index contributed by atoms with van der Waals surface area (Å²) in [6.07, 6.45) is 4.71. The molecule has 2 heterocycles. The van der Waals surface area contributed by atoms with E-state index in [1.165, 1.54) is 25.4 Å². The number of aromatic hydroxyl groups is 1. The summed E-state index contributed by atoms with van der Waals surface area (Å²) in [6.45, 7) is 0.0354. The Balaban J connectivity index is 1.75. The lowest BCUT2D eigenvalue weighted by molar-refractivity contribution is -0.122. The van der Waals surface area contributed by atoms with Gasteiger partial charge in [-0.3, -0.25) is 23.9 Å². The van der Waals surface area contributed by atoms with Crippen molar-refractivity contribution in [2.75, 3.05) is 20.3 Å². The largest absolute Gasteiger partial charge is 0.505 e. The van der Waals surface area contributed by atoms with Gasteiger partial charge in [-0.15, -0.1) is 0 Å². The molecule has 0 saturated heterocycles. The topological polar surface area (TPSA) is 123 Å². The Morgan fingerprint density at radius 2 is 1.97 bits per heavy atom. The molecule has 184 valence electrons. The highest BCUT2D eigenvalue weighted by Crippen LogP contribution is 2.26. The van der Waals surface area contributed by atoms with Crippen LogP contribution in [0.3, 0.4) is 0 Å². The number of hydrogen-bond acceptors (Lipinski definition) is 6. The molecule has 2 amide bonds. The second-order valence-electron chi connectivity index (χ2n) is 8.57. The Hall–Kier alpha value is -3.79. The first-order chi connectivity index (χ1) is 16.9. The van der Waals surface area contributed by atoms with Gasteiger partial charge < -0.3 is 20.5 Å². The lowest BCUT2D eigenvalue weighted by Crippen LogP contribution is -2.43. The molecule has 4 rings (SSSR count). The first-order valence-corrected chi connectivity index (χ1v) is 11.4. The van der Waals surface area contributed by atoms with Crippen molar-refractivity contribution in [3.63, 3.8) is 0 Å². The Morgan fingerprint density at radius 1 is 1.23 bits per heavy atom. The van der Waals surface area contributed by atoms with Crippen molar-refractivity contribution < 1.29 is 23.8 Å². The summed E-state index contributed by atoms with van der Waals surface area (Å²) >= 11 is 0. The van der Waals surface area contributed by atoms with Crippen molar-refractivity contribution in [3.05, 3.63) is 69.4 Å². The van der Waals surface area contributed by atoms with Crippen LogP contribution in [0.25, 0.3) is 11.0 Å². The second kappa shape index (κ2) is 10.6. The van der Waals surface area contributed by atoms with Crippen LogP contribution < -0.4 is 16.2 Å². The number of benzene rings is 1. The van der Waals surface area contributed by atoms with Gasteiger partial charge in [0.1, 0.15) is 23.4 Å². The Morgan fingerprint density at radius 3 is 2.63 bits per heavy atom. The Labute approximate surface area is 200 Å². The SMILES string of the molecule is COCCNC(=O)c1c(O)c2ncc(Cc3ccc(F)cc3)cc2n(CC(=O)NC2CCC2)c1=O. The summed E-state index contributed by atoms with van der Waals surface area (Å²) in [6, 6.07) is 7.71. The zero-order valence-electron chi connectivity index (χ0n) is 19.3. The number of nitrogens with zero attached hydrogens (tertiary/aromatic N) is 2. The van der Waals surface area contributed by atoms with Crippen molar-refractivity contribution in [1.82, 2.24) is 20.2 Å². The number of nitrogens with one attached hydrogen (secondary N) is 2. The van der Waals surface area contributed by atoms with Gasteiger partial charge in [-0.05, 0) is 55.0 Å². The highest BCUT2D eigenvalue weighted by Gasteiger charge is 2.25. The molecule has 0 radical (unpaired) electrons. The number of aromatic nitrogens is 2. The number of carbonyl (C=O) groups excluding carboxylic acids is 2. The lowest BCUT2D eigenvalue weighted by Gasteiger charge is -2.26. The number of amides is 2. The fourth-order valence-corrected chi connectivity index (χ4v) is 3.97. The summed E-state index contributed by atoms with van der Waals surface area (Å²) in [4.78, 5) is 43.1. The van der Waals surface area contributed by atoms with Crippen LogP contribution in [0.4, 0.5) is 4.39 Å². The number of halogens is 1. The van der Waals surface area contributed by atoms with E-state index in [1.54, 1.807) is 18.2 Å². The molecule has 1 aliphatic rings. The van der Waals surface area contributed by atoms with Crippen LogP contribution >= 0.6 is 0 Å². The molecule has 0 bridgehead atoms. The zero-order valence-corrected chi connectivity index (χ0v) is 19.3. The number of fused-ring (bicyclic) bond motifs is 1. The van der Waals surface area contributed by atoms with Gasteiger partial charge in [-0.1, -0.05) is 12.1 Å². The fourth-order valence-electron chi connectivity index (χ4n) is 3.97. The van der Waals surface area contributed by atoms with E-state index in [1.807, 2.05) is 0 Å². The number of methoxy groups -OCH3 is 1. The highest BCUT2D eigenvalue weighted by atomic mass is 19.1. The number of pyridine rings is 2. The monoisotopic (exact) mass is 482 g/mol. The first kappa shape index (κ1) is 24.3. The number of rotatable bonds is 9. The summed E-state index contributed by atoms with van der Waals surface area (Å²) in [5.74, 6) is -2.04. The van der Waals surface area contributed by atoms with Crippen LogP contribution in [0.2, 0.25) is 0 Å². The summed E-state index contributed by atoms with van der Waals surface area (Å²) in [7, 11) is 1.47. The van der Waals surface area contributed by atoms with Crippen molar-refractivity contribution in [3.8, 4) is 5.75 Å². The van der Waals surface area contributed by atoms with Crippen LogP contribution in [0.5, 0.6) is 5.75 Å². The minimum atomic E-state index is -0.797. The van der Waals surface area contributed by atoms with E-state index in [9.17, 15) is 23.9 Å². The maximum absolute atomic E-state index is 13.4. The van der Waals surface area contributed by atoms with E-state index >= 15 is 0 Å². The van der Waals surface area contributed by atoms with Crippen LogP contribution in [-0.2, 0) is 22.5 Å². The molecule has 3 aromatic rings. The van der Waals surface area contributed by atoms with E-state index < -0.39 is 22.8 Å². The molecule has 1 saturated carbocycles. The van der Waals surface area contributed by atoms with E-state index in [0.29, 0.717) is 12.0 Å². The summed E-state index contributed by atoms with van der Waals surface area (Å²) < 4.78 is 19.3. The van der Waals surface area contributed by atoms with E-state index in [-0.39, 0.29) is 48.5 Å². The fraction of sp³-hybridized carbons (Fsp3) is 0.360. The van der Waals surface area contributed by atoms with E-state index in [4.69, 9.17) is 4.74 Å². The minimum Gasteiger partial charge on any atom is -0.505 e. The van der Waals surface area contributed by atoms with Crippen molar-refractivity contribution in [2.45, 2.75) is 38.3 Å². The predicted molar refractivity (Wildman–Crippen MR) is 127 cm³/mol. The molecular weight excluding hydrogens is 455 g/mol. The quantitative estimate of drug-likeness (QED) is 0.400. The van der Waals surface area contributed by atoms with Gasteiger partial charge in [-0.2, -0.15) is 0 Å². The molecule has 3 N–H and O–H groups in total. The van der Waals surface area contributed by atoms with Gasteiger partial charge in [0.15, 0.2) is 5.75 Å². The third-order valence-corrected chi connectivity index (χ3v) is 6.05. The molecule has 9 nitrogen and oxygen atoms in total. The maximum Gasteiger partial charge on any atom is 0.268 e. The van der Waals surface area contributed by atoms with Crippen LogP contribution in [0.15, 0.2) is 41.3 Å². The molecule has 0 atom stereocenters. The lowest BCUT2D eigenvalue weighted by atomic mass is 9.93. The third kappa shape index (κ3) is 5.48. The third-order valence-electron chi connectivity index (χ3n) is 6.05. The van der Waals surface area contributed by atoms with Gasteiger partial charge in [-0.25, -0.2) is 4.39 Å². The van der Waals surface area contributed by atoms with Gasteiger partial charge in [0.05, 0.1) is 12.1 Å². The Kier molecular flexibility index (Phi) is 7.40. The number of carbonyl (C=O) groups is 2. The van der Waals surface area contributed by atoms with Crippen LogP contribution in [0.1, 0.15) is 40.7 Å². The molecule has 1 fully saturated rings. The van der Waals surface area contributed by atoms with Gasteiger partial charge in [0.2, 0.25) is 5.91 Å². The molecule has 1 aliphatic carbocycles. The maximum atomic E-state index is 13.4. The molecule has 10 heteroatoms. The van der Waals surface area contributed by atoms with E-state index in [0.717, 1.165) is 29.4 Å². The van der Waals surface area contributed by atoms with E-state index in [2.05, 4.69) is 15.6 Å². The Bertz CT molecular complexity index is 1300. The standard InChI is InChI=1S/C25H27FN4O5/c1-35-10-9-27-24(33)21-23(32)22-19(30(25(21)34)14-20(31)29-18-3-2-4-18)12-16(13-28-22)11-15-5-7-17(26)8-6-15/h5-8,12-13,18,32H,2-4,9-11,14H2,1H3,(H,27,33)(H,29,31). The zero-order chi connectivity index (χ0) is 24.9. The number of hydrogen-bond donors (Lipinski definition) is 3. The smallest absolute Gasteiger partial charge is 0.268 e. The van der Waals surface area contributed by atoms with Crippen LogP contribution in [-0.4, -0.2) is 52.8 Å².